The number of benzene rings is 1. The van der Waals surface area contributed by atoms with Crippen LogP contribution in [0, 0.1) is 28.6 Å². The van der Waals surface area contributed by atoms with Crippen molar-refractivity contribution in [2.45, 2.75) is 103 Å². The number of rotatable bonds is 13. The third-order valence-electron chi connectivity index (χ3n) is 8.00. The molecule has 0 aliphatic heterocycles. The predicted molar refractivity (Wildman–Crippen MR) is 139 cm³/mol. The zero-order chi connectivity index (χ0) is 25.3. The van der Waals surface area contributed by atoms with Crippen molar-refractivity contribution in [1.82, 2.24) is 10.6 Å². The predicted octanol–water partition coefficient (Wildman–Crippen LogP) is 5.35. The number of ether oxygens (including phenoxy) is 1. The van der Waals surface area contributed by atoms with Crippen LogP contribution in [0.2, 0.25) is 0 Å². The minimum atomic E-state index is -0.758. The van der Waals surface area contributed by atoms with Gasteiger partial charge in [-0.3, -0.25) is 0 Å². The van der Waals surface area contributed by atoms with E-state index in [1.165, 1.54) is 25.7 Å². The monoisotopic (exact) mass is 483 g/mol. The molecule has 1 aromatic rings. The van der Waals surface area contributed by atoms with E-state index in [0.29, 0.717) is 31.2 Å². The van der Waals surface area contributed by atoms with Crippen molar-refractivity contribution >= 4 is 6.09 Å². The molecule has 2 aliphatic carbocycles. The molecule has 0 saturated heterocycles. The van der Waals surface area contributed by atoms with Crippen LogP contribution in [0.5, 0.6) is 0 Å². The number of nitrogens with zero attached hydrogens (tertiary/aromatic N) is 1. The van der Waals surface area contributed by atoms with E-state index in [-0.39, 0.29) is 5.41 Å². The Morgan fingerprint density at radius 1 is 1.26 bits per heavy atom. The van der Waals surface area contributed by atoms with Gasteiger partial charge in [-0.25, -0.2) is 4.79 Å². The summed E-state index contributed by atoms with van der Waals surface area (Å²) in [6.45, 7) is 7.34. The lowest BCUT2D eigenvalue weighted by atomic mass is 9.71. The van der Waals surface area contributed by atoms with Crippen molar-refractivity contribution < 1.29 is 14.6 Å². The standard InChI is InChI=1S/C29H45N3O3/c1-22-17-24(22)19-28(2,3)35-27(34)32-25(18-23-11-6-4-7-12-23)26(33)20-31-21-29(15-10-16-30)13-8-5-9-14-29/h4,6-7,11-12,22,24-26,31,33H,5,8-10,13-15,17-21H2,1-3H3,(H,32,34)/t22?,24-,25+,26-/m1/s1. The zero-order valence-electron chi connectivity index (χ0n) is 21.9. The van der Waals surface area contributed by atoms with Crippen LogP contribution in [0.3, 0.4) is 0 Å². The topological polar surface area (TPSA) is 94.4 Å². The van der Waals surface area contributed by atoms with E-state index in [1.807, 2.05) is 44.2 Å². The average molecular weight is 484 g/mol. The molecule has 6 nitrogen and oxygen atoms in total. The van der Waals surface area contributed by atoms with Crippen LogP contribution < -0.4 is 10.6 Å². The number of hydrogen-bond acceptors (Lipinski definition) is 5. The lowest BCUT2D eigenvalue weighted by Gasteiger charge is -2.38. The maximum atomic E-state index is 12.8. The fourth-order valence-corrected chi connectivity index (χ4v) is 5.71. The maximum Gasteiger partial charge on any atom is 0.407 e. The molecule has 6 heteroatoms. The highest BCUT2D eigenvalue weighted by Gasteiger charge is 2.39. The van der Waals surface area contributed by atoms with Crippen molar-refractivity contribution in [2.24, 2.45) is 17.3 Å². The first-order valence-corrected chi connectivity index (χ1v) is 13.5. The van der Waals surface area contributed by atoms with Gasteiger partial charge in [0.2, 0.25) is 0 Å². The molecule has 1 amide bonds. The smallest absolute Gasteiger partial charge is 0.407 e. The number of carbonyl (C=O) groups excluding carboxylic acids is 1. The van der Waals surface area contributed by atoms with E-state index in [9.17, 15) is 9.90 Å². The minimum Gasteiger partial charge on any atom is -0.444 e. The summed E-state index contributed by atoms with van der Waals surface area (Å²) in [6, 6.07) is 11.8. The van der Waals surface area contributed by atoms with Gasteiger partial charge in [-0.05, 0) is 75.2 Å². The maximum absolute atomic E-state index is 12.8. The molecule has 2 aliphatic rings. The molecule has 0 aromatic heterocycles. The molecule has 1 unspecified atom stereocenters. The summed E-state index contributed by atoms with van der Waals surface area (Å²) in [6.07, 6.45) is 8.76. The van der Waals surface area contributed by atoms with Crippen molar-refractivity contribution in [3.63, 3.8) is 0 Å². The van der Waals surface area contributed by atoms with Crippen LogP contribution in [-0.2, 0) is 11.2 Å². The van der Waals surface area contributed by atoms with Gasteiger partial charge in [-0.2, -0.15) is 5.26 Å². The van der Waals surface area contributed by atoms with Gasteiger partial charge >= 0.3 is 6.09 Å². The van der Waals surface area contributed by atoms with Crippen LogP contribution >= 0.6 is 0 Å². The number of alkyl carbamates (subject to hydrolysis) is 1. The van der Waals surface area contributed by atoms with Crippen molar-refractivity contribution in [1.29, 1.82) is 5.26 Å². The number of nitrogens with one attached hydrogen (secondary N) is 2. The van der Waals surface area contributed by atoms with Crippen LogP contribution in [0.4, 0.5) is 4.79 Å². The lowest BCUT2D eigenvalue weighted by molar-refractivity contribution is 0.0203. The Bertz CT molecular complexity index is 829. The third-order valence-corrected chi connectivity index (χ3v) is 8.00. The summed E-state index contributed by atoms with van der Waals surface area (Å²) in [7, 11) is 0. The molecule has 2 fully saturated rings. The molecule has 2 saturated carbocycles. The number of aliphatic hydroxyl groups excluding tert-OH is 1. The first kappa shape index (κ1) is 27.5. The molecule has 0 radical (unpaired) electrons. The Kier molecular flexibility index (Phi) is 10.0. The highest BCUT2D eigenvalue weighted by Crippen LogP contribution is 2.44. The number of carbonyl (C=O) groups is 1. The van der Waals surface area contributed by atoms with Crippen LogP contribution in [-0.4, -0.2) is 42.0 Å². The average Bonchev–Trinajstić information content (AvgIpc) is 3.51. The van der Waals surface area contributed by atoms with Gasteiger partial charge in [0, 0.05) is 19.5 Å². The summed E-state index contributed by atoms with van der Waals surface area (Å²) >= 11 is 0. The number of hydrogen-bond donors (Lipinski definition) is 3. The lowest BCUT2D eigenvalue weighted by Crippen LogP contribution is -2.51. The van der Waals surface area contributed by atoms with E-state index in [1.54, 1.807) is 0 Å². The molecule has 0 heterocycles. The Morgan fingerprint density at radius 3 is 2.57 bits per heavy atom. The van der Waals surface area contributed by atoms with E-state index >= 15 is 0 Å². The molecule has 1 aromatic carbocycles. The Morgan fingerprint density at radius 2 is 1.94 bits per heavy atom. The summed E-state index contributed by atoms with van der Waals surface area (Å²) < 4.78 is 5.80. The van der Waals surface area contributed by atoms with E-state index in [0.717, 1.165) is 37.8 Å². The normalized spacial score (nSPS) is 23.1. The third kappa shape index (κ3) is 9.13. The van der Waals surface area contributed by atoms with Gasteiger partial charge in [0.05, 0.1) is 18.2 Å². The summed E-state index contributed by atoms with van der Waals surface area (Å²) in [5.74, 6) is 1.33. The van der Waals surface area contributed by atoms with Gasteiger partial charge in [0.25, 0.3) is 0 Å². The van der Waals surface area contributed by atoms with E-state index in [2.05, 4.69) is 23.6 Å². The second-order valence-corrected chi connectivity index (χ2v) is 11.7. The number of aliphatic hydroxyl groups is 1. The fourth-order valence-electron chi connectivity index (χ4n) is 5.71. The summed E-state index contributed by atoms with van der Waals surface area (Å²) in [4.78, 5) is 12.8. The molecule has 0 spiro atoms. The fraction of sp³-hybridized carbons (Fsp3) is 0.724. The molecule has 4 atom stereocenters. The highest BCUT2D eigenvalue weighted by molar-refractivity contribution is 5.68. The molecule has 0 bridgehead atoms. The van der Waals surface area contributed by atoms with Crippen molar-refractivity contribution in [3.8, 4) is 6.07 Å². The van der Waals surface area contributed by atoms with Crippen LogP contribution in [0.25, 0.3) is 0 Å². The van der Waals surface area contributed by atoms with Gasteiger partial charge in [0.1, 0.15) is 5.60 Å². The molecule has 194 valence electrons. The quantitative estimate of drug-likeness (QED) is 0.351. The summed E-state index contributed by atoms with van der Waals surface area (Å²) in [5.41, 5.74) is 0.660. The van der Waals surface area contributed by atoms with Crippen LogP contribution in [0.15, 0.2) is 30.3 Å². The van der Waals surface area contributed by atoms with Gasteiger partial charge in [-0.1, -0.05) is 56.5 Å². The zero-order valence-corrected chi connectivity index (χ0v) is 21.9. The number of nitriles is 1. The van der Waals surface area contributed by atoms with Crippen molar-refractivity contribution in [2.75, 3.05) is 13.1 Å². The van der Waals surface area contributed by atoms with E-state index in [4.69, 9.17) is 10.00 Å². The Hall–Kier alpha value is -2.10. The van der Waals surface area contributed by atoms with E-state index < -0.39 is 23.8 Å². The SMILES string of the molecule is CC1C[C@@H]1CC(C)(C)OC(=O)N[C@@H](Cc1ccccc1)[C@H](O)CNCC1(CCC#N)CCCCC1. The van der Waals surface area contributed by atoms with Gasteiger partial charge in [-0.15, -0.1) is 0 Å². The second-order valence-electron chi connectivity index (χ2n) is 11.7. The molecule has 3 rings (SSSR count). The Balaban J connectivity index is 1.57. The molecule has 35 heavy (non-hydrogen) atoms. The van der Waals surface area contributed by atoms with Gasteiger partial charge < -0.3 is 20.5 Å². The molecular formula is C29H45N3O3. The minimum absolute atomic E-state index is 0.138. The van der Waals surface area contributed by atoms with Crippen LogP contribution in [0.1, 0.15) is 84.1 Å². The number of amides is 1. The van der Waals surface area contributed by atoms with Crippen molar-refractivity contribution in [3.05, 3.63) is 35.9 Å². The Labute approximate surface area is 211 Å². The van der Waals surface area contributed by atoms with Gasteiger partial charge in [0.15, 0.2) is 0 Å². The molecular weight excluding hydrogens is 438 g/mol. The second kappa shape index (κ2) is 12.7. The first-order valence-electron chi connectivity index (χ1n) is 13.5. The summed E-state index contributed by atoms with van der Waals surface area (Å²) in [5, 5.41) is 26.7. The first-order chi connectivity index (χ1) is 16.7. The molecule has 3 N–H and O–H groups in total. The largest absolute Gasteiger partial charge is 0.444 e. The highest BCUT2D eigenvalue weighted by atomic mass is 16.6.